The molecule has 0 aliphatic rings. The Morgan fingerprint density at radius 3 is 2.59 bits per heavy atom. The van der Waals surface area contributed by atoms with Gasteiger partial charge < -0.3 is 10.6 Å². The van der Waals surface area contributed by atoms with Gasteiger partial charge in [0.15, 0.2) is 15.0 Å². The third kappa shape index (κ3) is 5.62. The molecule has 0 saturated heterocycles. The van der Waals surface area contributed by atoms with Crippen LogP contribution in [-0.4, -0.2) is 37.0 Å². The maximum atomic E-state index is 12.4. The first-order chi connectivity index (χ1) is 15.1. The molecule has 0 saturated carbocycles. The normalized spacial score (nSPS) is 11.4. The fourth-order valence-corrected chi connectivity index (χ4v) is 4.95. The largest absolute Gasteiger partial charge is 0.343 e. The minimum absolute atomic E-state index is 0.0719. The molecule has 0 bridgehead atoms. The second kappa shape index (κ2) is 9.93. The molecule has 2 N–H and O–H groups in total. The Labute approximate surface area is 199 Å². The lowest BCUT2D eigenvalue weighted by molar-refractivity contribution is -0.115. The molecule has 0 spiro atoms. The molecule has 3 aromatic rings. The molecule has 32 heavy (non-hydrogen) atoms. The Kier molecular flexibility index (Phi) is 7.47. The summed E-state index contributed by atoms with van der Waals surface area (Å²) < 4.78 is 25.6. The van der Waals surface area contributed by atoms with Crippen molar-refractivity contribution in [1.29, 1.82) is 0 Å². The van der Waals surface area contributed by atoms with Crippen LogP contribution in [0.1, 0.15) is 29.8 Å². The van der Waals surface area contributed by atoms with E-state index in [1.807, 2.05) is 30.5 Å². The Morgan fingerprint density at radius 1 is 1.16 bits per heavy atom. The Bertz CT molecular complexity index is 1270. The van der Waals surface area contributed by atoms with Gasteiger partial charge >= 0.3 is 0 Å². The van der Waals surface area contributed by atoms with Gasteiger partial charge in [-0.15, -0.1) is 11.3 Å². The van der Waals surface area contributed by atoms with Crippen molar-refractivity contribution in [1.82, 2.24) is 10.3 Å². The third-order valence-corrected chi connectivity index (χ3v) is 8.44. The minimum atomic E-state index is -3.50. The number of nitrogens with one attached hydrogen (secondary N) is 2. The first kappa shape index (κ1) is 24.1. The van der Waals surface area contributed by atoms with Crippen molar-refractivity contribution in [2.24, 2.45) is 0 Å². The molecule has 1 heterocycles. The quantitative estimate of drug-likeness (QED) is 0.465. The molecule has 1 aromatic heterocycles. The summed E-state index contributed by atoms with van der Waals surface area (Å²) in [5.41, 5.74) is 2.93. The van der Waals surface area contributed by atoms with Gasteiger partial charge in [-0.05, 0) is 50.6 Å². The number of benzene rings is 2. The molecule has 0 unspecified atom stereocenters. The molecule has 2 amide bonds. The van der Waals surface area contributed by atoms with Gasteiger partial charge in [-0.2, -0.15) is 0 Å². The third-order valence-electron chi connectivity index (χ3n) is 4.67. The summed E-state index contributed by atoms with van der Waals surface area (Å²) in [6.45, 7) is 4.88. The molecule has 3 rings (SSSR count). The smallest absolute Gasteiger partial charge is 0.251 e. The minimum Gasteiger partial charge on any atom is -0.343 e. The fraction of sp³-hybridized carbons (Fsp3) is 0.227. The zero-order valence-electron chi connectivity index (χ0n) is 17.7. The number of anilines is 1. The van der Waals surface area contributed by atoms with Gasteiger partial charge in [0.1, 0.15) is 0 Å². The number of amides is 2. The first-order valence-corrected chi connectivity index (χ1v) is 12.9. The van der Waals surface area contributed by atoms with E-state index in [1.54, 1.807) is 13.8 Å². The average Bonchev–Trinajstić information content (AvgIpc) is 3.22. The molecule has 2 aromatic carbocycles. The van der Waals surface area contributed by atoms with Crippen LogP contribution >= 0.6 is 27.3 Å². The zero-order chi connectivity index (χ0) is 23.5. The number of nitrogens with zero attached hydrogens (tertiary/aromatic N) is 1. The predicted molar refractivity (Wildman–Crippen MR) is 130 cm³/mol. The van der Waals surface area contributed by atoms with Crippen molar-refractivity contribution in [2.75, 3.05) is 11.9 Å². The molecule has 0 atom stereocenters. The van der Waals surface area contributed by atoms with E-state index in [4.69, 9.17) is 0 Å². The summed E-state index contributed by atoms with van der Waals surface area (Å²) in [6.07, 6.45) is 0. The van der Waals surface area contributed by atoms with Crippen LogP contribution in [-0.2, 0) is 14.6 Å². The number of thiazole rings is 1. The van der Waals surface area contributed by atoms with Gasteiger partial charge in [0, 0.05) is 21.0 Å². The van der Waals surface area contributed by atoms with E-state index in [2.05, 4.69) is 31.5 Å². The van der Waals surface area contributed by atoms with E-state index in [0.29, 0.717) is 5.13 Å². The zero-order valence-corrected chi connectivity index (χ0v) is 20.9. The molecule has 0 fully saturated rings. The summed E-state index contributed by atoms with van der Waals surface area (Å²) in [7, 11) is -3.50. The van der Waals surface area contributed by atoms with Crippen LogP contribution in [0.5, 0.6) is 0 Å². The Balaban J connectivity index is 1.60. The molecule has 7 nitrogen and oxygen atoms in total. The summed E-state index contributed by atoms with van der Waals surface area (Å²) in [4.78, 5) is 29.1. The average molecular weight is 536 g/mol. The highest BCUT2D eigenvalue weighted by Gasteiger charge is 2.20. The maximum absolute atomic E-state index is 12.4. The van der Waals surface area contributed by atoms with Crippen molar-refractivity contribution in [2.45, 2.75) is 30.9 Å². The molecule has 0 aliphatic carbocycles. The van der Waals surface area contributed by atoms with Crippen molar-refractivity contribution < 1.29 is 18.0 Å². The van der Waals surface area contributed by atoms with Crippen LogP contribution in [0, 0.1) is 6.92 Å². The van der Waals surface area contributed by atoms with Crippen LogP contribution < -0.4 is 10.6 Å². The number of hydrogen-bond donors (Lipinski definition) is 2. The molecule has 0 aliphatic heterocycles. The number of carbonyl (C=O) groups is 2. The fourth-order valence-electron chi connectivity index (χ4n) is 2.73. The molecular formula is C22H22BrN3O4S2. The van der Waals surface area contributed by atoms with Crippen LogP contribution in [0.3, 0.4) is 0 Å². The first-order valence-electron chi connectivity index (χ1n) is 9.72. The summed E-state index contributed by atoms with van der Waals surface area (Å²) >= 11 is 4.78. The lowest BCUT2D eigenvalue weighted by atomic mass is 10.1. The lowest BCUT2D eigenvalue weighted by Gasteiger charge is -2.10. The second-order valence-corrected chi connectivity index (χ2v) is 11.6. The second-order valence-electron chi connectivity index (χ2n) is 7.35. The van der Waals surface area contributed by atoms with E-state index >= 15 is 0 Å². The number of aromatic nitrogens is 1. The molecular weight excluding hydrogens is 514 g/mol. The van der Waals surface area contributed by atoms with E-state index < -0.39 is 26.9 Å². The van der Waals surface area contributed by atoms with E-state index in [0.717, 1.165) is 21.3 Å². The van der Waals surface area contributed by atoms with Gasteiger partial charge in [-0.1, -0.05) is 34.1 Å². The van der Waals surface area contributed by atoms with Gasteiger partial charge in [0.25, 0.3) is 5.91 Å². The predicted octanol–water partition coefficient (Wildman–Crippen LogP) is 4.43. The monoisotopic (exact) mass is 535 g/mol. The maximum Gasteiger partial charge on any atom is 0.251 e. The summed E-state index contributed by atoms with van der Waals surface area (Å²) in [5, 5.41) is 6.82. The van der Waals surface area contributed by atoms with Gasteiger partial charge in [-0.25, -0.2) is 13.4 Å². The van der Waals surface area contributed by atoms with Gasteiger partial charge in [-0.3, -0.25) is 9.59 Å². The number of rotatable bonds is 7. The van der Waals surface area contributed by atoms with Crippen molar-refractivity contribution in [3.05, 3.63) is 63.4 Å². The van der Waals surface area contributed by atoms with Gasteiger partial charge in [0.2, 0.25) is 5.91 Å². The molecule has 0 radical (unpaired) electrons. The van der Waals surface area contributed by atoms with Crippen molar-refractivity contribution >= 4 is 54.0 Å². The summed E-state index contributed by atoms with van der Waals surface area (Å²) in [6, 6.07) is 11.7. The highest BCUT2D eigenvalue weighted by Crippen LogP contribution is 2.28. The number of sulfone groups is 1. The number of aryl methyl sites for hydroxylation is 1. The van der Waals surface area contributed by atoms with Crippen LogP contribution in [0.15, 0.2) is 57.2 Å². The van der Waals surface area contributed by atoms with Crippen molar-refractivity contribution in [3.63, 3.8) is 0 Å². The lowest BCUT2D eigenvalue weighted by Crippen LogP contribution is -2.33. The van der Waals surface area contributed by atoms with Crippen LogP contribution in [0.4, 0.5) is 5.13 Å². The molecule has 168 valence electrons. The van der Waals surface area contributed by atoms with Crippen molar-refractivity contribution in [3.8, 4) is 11.3 Å². The standard InChI is InChI=1S/C22H22BrN3O4S2/c1-13(2)32(29,30)17-6-4-5-16(9-17)21(28)24-11-20(27)26-22-25-19(12-31-22)15-8-7-14(3)18(23)10-15/h4-10,12-13H,11H2,1-3H3,(H,24,28)(H,25,26,27). The van der Waals surface area contributed by atoms with E-state index in [9.17, 15) is 18.0 Å². The SMILES string of the molecule is Cc1ccc(-c2csc(NC(=O)CNC(=O)c3cccc(S(=O)(=O)C(C)C)c3)n2)cc1Br. The Hall–Kier alpha value is -2.56. The highest BCUT2D eigenvalue weighted by molar-refractivity contribution is 9.10. The van der Waals surface area contributed by atoms with E-state index in [-0.39, 0.29) is 17.0 Å². The summed E-state index contributed by atoms with van der Waals surface area (Å²) in [5.74, 6) is -0.972. The number of carbonyl (C=O) groups excluding carboxylic acids is 2. The topological polar surface area (TPSA) is 105 Å². The highest BCUT2D eigenvalue weighted by atomic mass is 79.9. The van der Waals surface area contributed by atoms with Crippen LogP contribution in [0.2, 0.25) is 0 Å². The number of halogens is 1. The van der Waals surface area contributed by atoms with Gasteiger partial charge in [0.05, 0.1) is 22.4 Å². The number of hydrogen-bond acceptors (Lipinski definition) is 6. The van der Waals surface area contributed by atoms with Crippen LogP contribution in [0.25, 0.3) is 11.3 Å². The van der Waals surface area contributed by atoms with E-state index in [1.165, 1.54) is 35.6 Å². The molecule has 10 heteroatoms. The Morgan fingerprint density at radius 2 is 1.91 bits per heavy atom.